The van der Waals surface area contributed by atoms with Crippen molar-refractivity contribution < 1.29 is 0 Å². The topological polar surface area (TPSA) is 12.0 Å². The highest BCUT2D eigenvalue weighted by Crippen LogP contribution is 2.38. The molecule has 4 heteroatoms. The molecule has 0 spiro atoms. The van der Waals surface area contributed by atoms with Crippen molar-refractivity contribution in [3.05, 3.63) is 20.3 Å². The van der Waals surface area contributed by atoms with Gasteiger partial charge in [0.15, 0.2) is 0 Å². The minimum atomic E-state index is 0.508. The zero-order valence-electron chi connectivity index (χ0n) is 8.34. The first-order valence-electron chi connectivity index (χ1n) is 4.80. The van der Waals surface area contributed by atoms with Gasteiger partial charge in [-0.1, -0.05) is 0 Å². The second-order valence-electron chi connectivity index (χ2n) is 3.66. The number of rotatable bonds is 1. The number of halogens is 1. The van der Waals surface area contributed by atoms with Gasteiger partial charge in [0.05, 0.1) is 5.37 Å². The zero-order valence-corrected chi connectivity index (χ0v) is 11.6. The lowest BCUT2D eigenvalue weighted by Crippen LogP contribution is -2.33. The van der Waals surface area contributed by atoms with Crippen LogP contribution in [-0.2, 0) is 0 Å². The van der Waals surface area contributed by atoms with Crippen molar-refractivity contribution in [3.8, 4) is 0 Å². The predicted molar refractivity (Wildman–Crippen MR) is 69.2 cm³/mol. The van der Waals surface area contributed by atoms with E-state index in [0.29, 0.717) is 11.4 Å². The summed E-state index contributed by atoms with van der Waals surface area (Å²) in [5.74, 6) is 1.27. The fourth-order valence-corrected chi connectivity index (χ4v) is 4.66. The van der Waals surface area contributed by atoms with Gasteiger partial charge in [-0.25, -0.2) is 0 Å². The van der Waals surface area contributed by atoms with Gasteiger partial charge in [0, 0.05) is 20.3 Å². The highest BCUT2D eigenvalue weighted by Gasteiger charge is 2.21. The Kier molecular flexibility index (Phi) is 3.58. The first kappa shape index (κ1) is 11.0. The van der Waals surface area contributed by atoms with Gasteiger partial charge in [0.25, 0.3) is 0 Å². The molecule has 1 aliphatic rings. The van der Waals surface area contributed by atoms with Crippen molar-refractivity contribution >= 4 is 39.0 Å². The number of hydrogen-bond acceptors (Lipinski definition) is 3. The lowest BCUT2D eigenvalue weighted by atomic mass is 10.2. The molecular formula is C10H14BrNS2. The Morgan fingerprint density at radius 1 is 1.57 bits per heavy atom. The van der Waals surface area contributed by atoms with E-state index in [0.717, 1.165) is 0 Å². The Morgan fingerprint density at radius 2 is 2.36 bits per heavy atom. The van der Waals surface area contributed by atoms with Crippen LogP contribution in [0.25, 0.3) is 0 Å². The summed E-state index contributed by atoms with van der Waals surface area (Å²) in [5.41, 5.74) is 0. The Bertz CT molecular complexity index is 304. The molecule has 1 nitrogen and oxygen atoms in total. The van der Waals surface area contributed by atoms with Gasteiger partial charge >= 0.3 is 0 Å². The van der Waals surface area contributed by atoms with E-state index >= 15 is 0 Å². The molecule has 1 aromatic heterocycles. The Hall–Kier alpha value is 0.490. The minimum Gasteiger partial charge on any atom is -0.298 e. The second kappa shape index (κ2) is 4.56. The van der Waals surface area contributed by atoms with Gasteiger partial charge in [-0.3, -0.25) is 5.32 Å². The Labute approximate surface area is 102 Å². The summed E-state index contributed by atoms with van der Waals surface area (Å²) in [7, 11) is 0. The van der Waals surface area contributed by atoms with E-state index in [1.807, 2.05) is 23.1 Å². The number of hydrogen-bond donors (Lipinski definition) is 1. The molecule has 1 saturated heterocycles. The summed E-state index contributed by atoms with van der Waals surface area (Å²) in [6, 6.07) is 2.91. The number of thioether (sulfide) groups is 1. The van der Waals surface area contributed by atoms with Crippen LogP contribution in [-0.4, -0.2) is 11.8 Å². The molecule has 1 aromatic rings. The predicted octanol–water partition coefficient (Wildman–Crippen LogP) is 3.93. The summed E-state index contributed by atoms with van der Waals surface area (Å²) < 4.78 is 1.25. The average molecular weight is 292 g/mol. The Balaban J connectivity index is 2.14. The average Bonchev–Trinajstić information content (AvgIpc) is 2.47. The molecule has 78 valence electrons. The molecule has 0 amide bonds. The van der Waals surface area contributed by atoms with Crippen molar-refractivity contribution in [1.82, 2.24) is 5.32 Å². The molecule has 0 aliphatic carbocycles. The van der Waals surface area contributed by atoms with E-state index in [1.54, 1.807) is 0 Å². The molecule has 1 aliphatic heterocycles. The third kappa shape index (κ3) is 2.35. The normalized spacial score (nSPS) is 27.9. The number of aryl methyl sites for hydroxylation is 1. The molecule has 0 radical (unpaired) electrons. The highest BCUT2D eigenvalue weighted by molar-refractivity contribution is 9.10. The zero-order chi connectivity index (χ0) is 10.1. The van der Waals surface area contributed by atoms with E-state index in [9.17, 15) is 0 Å². The van der Waals surface area contributed by atoms with Crippen LogP contribution in [0.15, 0.2) is 10.5 Å². The van der Waals surface area contributed by atoms with Crippen LogP contribution >= 0.6 is 39.0 Å². The first-order valence-corrected chi connectivity index (χ1v) is 7.46. The van der Waals surface area contributed by atoms with Crippen molar-refractivity contribution in [2.45, 2.75) is 31.7 Å². The molecule has 2 heterocycles. The molecule has 0 bridgehead atoms. The van der Waals surface area contributed by atoms with Gasteiger partial charge in [0.1, 0.15) is 0 Å². The fraction of sp³-hybridized carbons (Fsp3) is 0.600. The fourth-order valence-electron chi connectivity index (χ4n) is 1.53. The SMILES string of the molecule is Cc1sc(C2NC(C)CCS2)cc1Br. The molecule has 2 rings (SSSR count). The lowest BCUT2D eigenvalue weighted by molar-refractivity contribution is 0.515. The quantitative estimate of drug-likeness (QED) is 0.841. The molecule has 1 N–H and O–H groups in total. The summed E-state index contributed by atoms with van der Waals surface area (Å²) in [6.07, 6.45) is 1.28. The van der Waals surface area contributed by atoms with Crippen LogP contribution in [0, 0.1) is 6.92 Å². The van der Waals surface area contributed by atoms with E-state index in [4.69, 9.17) is 0 Å². The van der Waals surface area contributed by atoms with Crippen molar-refractivity contribution in [3.63, 3.8) is 0 Å². The molecule has 1 fully saturated rings. The molecule has 14 heavy (non-hydrogen) atoms. The lowest BCUT2D eigenvalue weighted by Gasteiger charge is -2.27. The molecule has 0 saturated carbocycles. The summed E-state index contributed by atoms with van der Waals surface area (Å²) >= 11 is 7.48. The summed E-state index contributed by atoms with van der Waals surface area (Å²) in [6.45, 7) is 4.43. The standard InChI is InChI=1S/C10H14BrNS2/c1-6-3-4-13-10(12-6)9-5-8(11)7(2)14-9/h5-6,10,12H,3-4H2,1-2H3. The van der Waals surface area contributed by atoms with E-state index in [1.165, 1.54) is 26.4 Å². The smallest absolute Gasteiger partial charge is 0.0885 e. The van der Waals surface area contributed by atoms with Crippen molar-refractivity contribution in [2.24, 2.45) is 0 Å². The Morgan fingerprint density at radius 3 is 2.93 bits per heavy atom. The van der Waals surface area contributed by atoms with Crippen LogP contribution in [0.1, 0.15) is 28.5 Å². The van der Waals surface area contributed by atoms with Gasteiger partial charge < -0.3 is 0 Å². The van der Waals surface area contributed by atoms with Crippen LogP contribution in [0.3, 0.4) is 0 Å². The third-order valence-electron chi connectivity index (χ3n) is 2.41. The molecule has 0 aromatic carbocycles. The number of thiophene rings is 1. The van der Waals surface area contributed by atoms with Crippen LogP contribution in [0.4, 0.5) is 0 Å². The van der Waals surface area contributed by atoms with Crippen molar-refractivity contribution in [1.29, 1.82) is 0 Å². The number of nitrogens with one attached hydrogen (secondary N) is 1. The maximum atomic E-state index is 3.63. The molecule has 2 atom stereocenters. The molecule has 2 unspecified atom stereocenters. The van der Waals surface area contributed by atoms with Gasteiger partial charge in [-0.2, -0.15) is 0 Å². The van der Waals surface area contributed by atoms with Crippen LogP contribution in [0.2, 0.25) is 0 Å². The minimum absolute atomic E-state index is 0.508. The van der Waals surface area contributed by atoms with Gasteiger partial charge in [0.2, 0.25) is 0 Å². The van der Waals surface area contributed by atoms with E-state index in [2.05, 4.69) is 41.2 Å². The van der Waals surface area contributed by atoms with Gasteiger partial charge in [-0.15, -0.1) is 23.1 Å². The van der Waals surface area contributed by atoms with Crippen LogP contribution < -0.4 is 5.32 Å². The monoisotopic (exact) mass is 291 g/mol. The maximum Gasteiger partial charge on any atom is 0.0885 e. The highest BCUT2D eigenvalue weighted by atomic mass is 79.9. The van der Waals surface area contributed by atoms with Crippen molar-refractivity contribution in [2.75, 3.05) is 5.75 Å². The maximum absolute atomic E-state index is 3.63. The van der Waals surface area contributed by atoms with Crippen LogP contribution in [0.5, 0.6) is 0 Å². The van der Waals surface area contributed by atoms with Gasteiger partial charge in [-0.05, 0) is 48.0 Å². The summed E-state index contributed by atoms with van der Waals surface area (Å²) in [4.78, 5) is 2.83. The van der Waals surface area contributed by atoms with E-state index < -0.39 is 0 Å². The molecular weight excluding hydrogens is 278 g/mol. The third-order valence-corrected chi connectivity index (χ3v) is 5.95. The summed E-state index contributed by atoms with van der Waals surface area (Å²) in [5, 5.41) is 4.13. The van der Waals surface area contributed by atoms with E-state index in [-0.39, 0.29) is 0 Å². The second-order valence-corrected chi connectivity index (χ2v) is 7.02. The first-order chi connectivity index (χ1) is 6.66. The largest absolute Gasteiger partial charge is 0.298 e.